The Bertz CT molecular complexity index is 889. The summed E-state index contributed by atoms with van der Waals surface area (Å²) in [6.45, 7) is 4.37. The molecule has 0 unspecified atom stereocenters. The van der Waals surface area contributed by atoms with E-state index in [-0.39, 0.29) is 0 Å². The molecule has 1 heterocycles. The topological polar surface area (TPSA) is 46.0 Å². The second-order valence-electron chi connectivity index (χ2n) is 6.31. The summed E-state index contributed by atoms with van der Waals surface area (Å²) < 4.78 is 2.22. The minimum Gasteiger partial charge on any atom is -0.250 e. The predicted molar refractivity (Wildman–Crippen MR) is 105 cm³/mol. The van der Waals surface area contributed by atoms with Crippen LogP contribution in [0, 0.1) is 4.77 Å². The first-order chi connectivity index (χ1) is 12.1. The predicted octanol–water partition coefficient (Wildman–Crippen LogP) is 4.73. The van der Waals surface area contributed by atoms with Crippen molar-refractivity contribution in [1.29, 1.82) is 0 Å². The molecule has 25 heavy (non-hydrogen) atoms. The summed E-state index contributed by atoms with van der Waals surface area (Å²) in [5.41, 5.74) is 3.64. The maximum atomic E-state index is 5.31. The first kappa shape index (κ1) is 17.3. The van der Waals surface area contributed by atoms with Gasteiger partial charge in [0.05, 0.1) is 6.21 Å². The monoisotopic (exact) mass is 350 g/mol. The molecule has 3 aromatic rings. The highest BCUT2D eigenvalue weighted by molar-refractivity contribution is 7.71. The van der Waals surface area contributed by atoms with E-state index in [0.717, 1.165) is 24.2 Å². The smallest absolute Gasteiger partial charge is 0.216 e. The summed E-state index contributed by atoms with van der Waals surface area (Å²) in [5, 5.41) is 11.7. The number of aromatic amines is 1. The van der Waals surface area contributed by atoms with Crippen molar-refractivity contribution in [3.63, 3.8) is 0 Å². The van der Waals surface area contributed by atoms with Gasteiger partial charge in [0, 0.05) is 6.42 Å². The van der Waals surface area contributed by atoms with Crippen molar-refractivity contribution in [2.75, 3.05) is 0 Å². The fraction of sp³-hybridized carbons (Fsp3) is 0.250. The quantitative estimate of drug-likeness (QED) is 0.516. The van der Waals surface area contributed by atoms with Gasteiger partial charge in [0.2, 0.25) is 4.77 Å². The molecule has 5 heteroatoms. The maximum absolute atomic E-state index is 5.31. The normalized spacial score (nSPS) is 11.5. The van der Waals surface area contributed by atoms with Crippen LogP contribution >= 0.6 is 12.2 Å². The Labute approximate surface area is 153 Å². The molecule has 2 aromatic carbocycles. The van der Waals surface area contributed by atoms with Crippen molar-refractivity contribution < 1.29 is 0 Å². The van der Waals surface area contributed by atoms with Crippen molar-refractivity contribution in [1.82, 2.24) is 14.9 Å². The lowest BCUT2D eigenvalue weighted by Gasteiger charge is -2.05. The molecular weight excluding hydrogens is 328 g/mol. The standard InChI is InChI=1S/C20H22N4S/c1-15(2)18-11-8-17(9-12-18)14-21-24-19(22-23-20(24)25)13-10-16-6-4-3-5-7-16/h3-9,11-12,14-15H,10,13H2,1-2H3,(H,23,25)/b21-14-. The van der Waals surface area contributed by atoms with Crippen molar-refractivity contribution in [3.8, 4) is 0 Å². The summed E-state index contributed by atoms with van der Waals surface area (Å²) in [7, 11) is 0. The van der Waals surface area contributed by atoms with E-state index < -0.39 is 0 Å². The van der Waals surface area contributed by atoms with Gasteiger partial charge in [0.15, 0.2) is 5.82 Å². The minimum absolute atomic E-state index is 0.512. The molecule has 0 amide bonds. The molecule has 0 saturated heterocycles. The second kappa shape index (κ2) is 8.03. The maximum Gasteiger partial charge on any atom is 0.216 e. The Morgan fingerprint density at radius 3 is 2.48 bits per heavy atom. The lowest BCUT2D eigenvalue weighted by molar-refractivity contribution is 0.750. The first-order valence-electron chi connectivity index (χ1n) is 8.48. The van der Waals surface area contributed by atoms with E-state index in [1.54, 1.807) is 4.68 Å². The number of hydrogen-bond donors (Lipinski definition) is 1. The van der Waals surface area contributed by atoms with E-state index in [1.807, 2.05) is 24.4 Å². The zero-order valence-electron chi connectivity index (χ0n) is 14.5. The van der Waals surface area contributed by atoms with Gasteiger partial charge >= 0.3 is 0 Å². The highest BCUT2D eigenvalue weighted by atomic mass is 32.1. The Morgan fingerprint density at radius 1 is 1.08 bits per heavy atom. The summed E-state index contributed by atoms with van der Waals surface area (Å²) in [6.07, 6.45) is 3.50. The molecule has 0 bridgehead atoms. The lowest BCUT2D eigenvalue weighted by Crippen LogP contribution is -2.01. The number of hydrogen-bond acceptors (Lipinski definition) is 3. The molecule has 0 radical (unpaired) electrons. The highest BCUT2D eigenvalue weighted by Crippen LogP contribution is 2.14. The number of nitrogens with one attached hydrogen (secondary N) is 1. The molecule has 4 nitrogen and oxygen atoms in total. The van der Waals surface area contributed by atoms with Gasteiger partial charge in [-0.1, -0.05) is 68.4 Å². The van der Waals surface area contributed by atoms with E-state index >= 15 is 0 Å². The molecule has 0 spiro atoms. The first-order valence-corrected chi connectivity index (χ1v) is 8.89. The van der Waals surface area contributed by atoms with Crippen LogP contribution in [0.25, 0.3) is 0 Å². The zero-order chi connectivity index (χ0) is 17.6. The van der Waals surface area contributed by atoms with E-state index in [0.29, 0.717) is 10.7 Å². The van der Waals surface area contributed by atoms with Crippen molar-refractivity contribution in [2.45, 2.75) is 32.6 Å². The summed E-state index contributed by atoms with van der Waals surface area (Å²) in [4.78, 5) is 0. The van der Waals surface area contributed by atoms with E-state index in [1.165, 1.54) is 11.1 Å². The van der Waals surface area contributed by atoms with Gasteiger partial charge in [-0.05, 0) is 41.2 Å². The fourth-order valence-corrected chi connectivity index (χ4v) is 2.80. The van der Waals surface area contributed by atoms with Crippen molar-refractivity contribution >= 4 is 18.4 Å². The van der Waals surface area contributed by atoms with Crippen LogP contribution in [0.2, 0.25) is 0 Å². The van der Waals surface area contributed by atoms with Gasteiger partial charge in [-0.2, -0.15) is 14.9 Å². The molecule has 1 aromatic heterocycles. The molecule has 128 valence electrons. The van der Waals surface area contributed by atoms with Crippen LogP contribution in [0.3, 0.4) is 0 Å². The van der Waals surface area contributed by atoms with Crippen LogP contribution in [0.5, 0.6) is 0 Å². The molecule has 0 fully saturated rings. The number of benzene rings is 2. The average molecular weight is 350 g/mol. The third kappa shape index (κ3) is 4.51. The van der Waals surface area contributed by atoms with Gasteiger partial charge in [-0.25, -0.2) is 0 Å². The van der Waals surface area contributed by atoms with Crippen LogP contribution in [-0.4, -0.2) is 21.1 Å². The number of rotatable bonds is 6. The van der Waals surface area contributed by atoms with Gasteiger partial charge in [0.1, 0.15) is 0 Å². The molecule has 0 aliphatic heterocycles. The average Bonchev–Trinajstić information content (AvgIpc) is 2.99. The summed E-state index contributed by atoms with van der Waals surface area (Å²) in [5.74, 6) is 1.36. The molecule has 0 aliphatic carbocycles. The molecule has 0 saturated carbocycles. The molecule has 0 aliphatic rings. The number of H-pyrrole nitrogens is 1. The van der Waals surface area contributed by atoms with Crippen molar-refractivity contribution in [2.24, 2.45) is 5.10 Å². The highest BCUT2D eigenvalue weighted by Gasteiger charge is 2.05. The van der Waals surface area contributed by atoms with E-state index in [2.05, 4.69) is 65.5 Å². The number of aromatic nitrogens is 3. The number of nitrogens with zero attached hydrogens (tertiary/aromatic N) is 3. The van der Waals surface area contributed by atoms with Crippen LogP contribution in [0.15, 0.2) is 59.7 Å². The van der Waals surface area contributed by atoms with Gasteiger partial charge in [-0.3, -0.25) is 5.10 Å². The third-order valence-corrected chi connectivity index (χ3v) is 4.39. The zero-order valence-corrected chi connectivity index (χ0v) is 15.3. The minimum atomic E-state index is 0.512. The lowest BCUT2D eigenvalue weighted by atomic mass is 10.0. The molecule has 3 rings (SSSR count). The van der Waals surface area contributed by atoms with Crippen LogP contribution in [-0.2, 0) is 12.8 Å². The van der Waals surface area contributed by atoms with Crippen LogP contribution in [0.1, 0.15) is 42.3 Å². The summed E-state index contributed by atoms with van der Waals surface area (Å²) >= 11 is 5.31. The Balaban J connectivity index is 1.74. The molecule has 0 atom stereocenters. The van der Waals surface area contributed by atoms with Crippen LogP contribution in [0.4, 0.5) is 0 Å². The Kier molecular flexibility index (Phi) is 5.56. The fourth-order valence-electron chi connectivity index (χ4n) is 2.60. The largest absolute Gasteiger partial charge is 0.250 e. The molecular formula is C20H22N4S. The number of aryl methyl sites for hydroxylation is 2. The van der Waals surface area contributed by atoms with Gasteiger partial charge < -0.3 is 0 Å². The van der Waals surface area contributed by atoms with E-state index in [4.69, 9.17) is 12.2 Å². The van der Waals surface area contributed by atoms with Crippen molar-refractivity contribution in [3.05, 3.63) is 81.9 Å². The SMILES string of the molecule is CC(C)c1ccc(/C=N\n2c(CCc3ccccc3)n[nH]c2=S)cc1. The van der Waals surface area contributed by atoms with E-state index in [9.17, 15) is 0 Å². The second-order valence-corrected chi connectivity index (χ2v) is 6.70. The Hall–Kier alpha value is -2.53. The van der Waals surface area contributed by atoms with Crippen LogP contribution < -0.4 is 0 Å². The van der Waals surface area contributed by atoms with Gasteiger partial charge in [0.25, 0.3) is 0 Å². The molecule has 1 N–H and O–H groups in total. The van der Waals surface area contributed by atoms with Gasteiger partial charge in [-0.15, -0.1) is 0 Å². The summed E-state index contributed by atoms with van der Waals surface area (Å²) in [6, 6.07) is 18.8. The third-order valence-electron chi connectivity index (χ3n) is 4.12. The Morgan fingerprint density at radius 2 is 1.80 bits per heavy atom.